The summed E-state index contributed by atoms with van der Waals surface area (Å²) >= 11 is 0. The number of aromatic nitrogens is 2. The van der Waals surface area contributed by atoms with Crippen LogP contribution in [-0.4, -0.2) is 17.2 Å². The summed E-state index contributed by atoms with van der Waals surface area (Å²) in [6.45, 7) is 2.32. The third-order valence-electron chi connectivity index (χ3n) is 12.8. The molecule has 0 saturated heterocycles. The minimum absolute atomic E-state index is 0.281. The maximum atomic E-state index is 2.54. The molecule has 0 aliphatic heterocycles. The Morgan fingerprint density at radius 2 is 1.05 bits per heavy atom. The molecule has 2 aliphatic carbocycles. The van der Waals surface area contributed by atoms with Gasteiger partial charge in [0.2, 0.25) is 0 Å². The van der Waals surface area contributed by atoms with Crippen LogP contribution in [0.5, 0.6) is 0 Å². The zero-order valence-corrected chi connectivity index (χ0v) is 33.7. The zero-order chi connectivity index (χ0) is 38.6. The molecular weight excluding hydrogens is 717 g/mol. The summed E-state index contributed by atoms with van der Waals surface area (Å²) in [7, 11) is -2.66. The van der Waals surface area contributed by atoms with Crippen LogP contribution in [0.25, 0.3) is 60.4 Å². The highest BCUT2D eigenvalue weighted by atomic mass is 28.3. The second-order valence-corrected chi connectivity index (χ2v) is 19.8. The molecule has 0 fully saturated rings. The summed E-state index contributed by atoms with van der Waals surface area (Å²) in [5, 5.41) is 10.8. The van der Waals surface area contributed by atoms with Gasteiger partial charge in [-0.2, -0.15) is 0 Å². The summed E-state index contributed by atoms with van der Waals surface area (Å²) in [6.07, 6.45) is 18.5. The number of para-hydroxylation sites is 2. The molecule has 3 heteroatoms. The van der Waals surface area contributed by atoms with Crippen molar-refractivity contribution in [3.05, 3.63) is 218 Å². The zero-order valence-electron chi connectivity index (χ0n) is 32.7. The molecule has 2 aliphatic rings. The Bertz CT molecular complexity index is 3100. The topological polar surface area (TPSA) is 9.86 Å². The first-order chi connectivity index (χ1) is 28.7. The van der Waals surface area contributed by atoms with E-state index in [1.54, 1.807) is 0 Å². The van der Waals surface area contributed by atoms with Crippen molar-refractivity contribution >= 4 is 67.2 Å². The Hall–Kier alpha value is -6.68. The maximum Gasteiger partial charge on any atom is 0.179 e. The molecule has 9 aromatic rings. The lowest BCUT2D eigenvalue weighted by Crippen LogP contribution is -2.68. The van der Waals surface area contributed by atoms with Gasteiger partial charge in [-0.05, 0) is 99.2 Å². The summed E-state index contributed by atoms with van der Waals surface area (Å²) in [4.78, 5) is 0. The Morgan fingerprint density at radius 3 is 1.74 bits per heavy atom. The summed E-state index contributed by atoms with van der Waals surface area (Å²) in [6, 6.07) is 64.3. The van der Waals surface area contributed by atoms with Gasteiger partial charge in [0.15, 0.2) is 8.07 Å². The summed E-state index contributed by atoms with van der Waals surface area (Å²) < 4.78 is 5.03. The van der Waals surface area contributed by atoms with Crippen LogP contribution in [0, 0.1) is 5.92 Å². The highest BCUT2D eigenvalue weighted by Crippen LogP contribution is 2.40. The second kappa shape index (κ2) is 14.1. The molecule has 2 unspecified atom stereocenters. The maximum absolute atomic E-state index is 2.66. The van der Waals surface area contributed by atoms with Crippen molar-refractivity contribution in [2.45, 2.75) is 25.8 Å². The van der Waals surface area contributed by atoms with Crippen molar-refractivity contribution in [1.29, 1.82) is 0 Å². The van der Waals surface area contributed by atoms with Gasteiger partial charge in [0, 0.05) is 38.3 Å². The molecule has 0 amide bonds. The largest absolute Gasteiger partial charge is 0.333 e. The predicted molar refractivity (Wildman–Crippen MR) is 250 cm³/mol. The Labute approximate surface area is 341 Å². The molecular formula is C55H44N2Si. The molecule has 2 heterocycles. The van der Waals surface area contributed by atoms with Gasteiger partial charge in [0.05, 0.1) is 17.1 Å². The van der Waals surface area contributed by atoms with Gasteiger partial charge < -0.3 is 9.13 Å². The summed E-state index contributed by atoms with van der Waals surface area (Å²) in [5.74, 6) is 0.417. The fraction of sp³-hybridized carbons (Fsp3) is 0.0909. The van der Waals surface area contributed by atoms with E-state index in [1.165, 1.54) is 81.2 Å². The van der Waals surface area contributed by atoms with Crippen molar-refractivity contribution in [2.24, 2.45) is 5.92 Å². The normalized spacial score (nSPS) is 16.8. The SMILES string of the molecule is CC1C=CC=CC1n1c2ccccc2c2cc(-c3ccc4c(c3)c3ccccc3n4-c3cccc([Si](C4=CCCC=C4)(c4ccccc4)c4ccccc4)c3)ccc21. The lowest BCUT2D eigenvalue weighted by Gasteiger charge is -2.36. The van der Waals surface area contributed by atoms with Crippen LogP contribution in [0.2, 0.25) is 0 Å². The standard InChI is InChI=1S/C55H44N2Si/c1-39-18-11-14-29-51(39)57-53-31-16-13-28-48(53)50-37-41(33-35-55(50)57)40-32-34-54-49(36-40)47-27-12-15-30-52(47)56(54)42-19-17-26-46(38-42)58(43-20-5-2-6-21-43,44-22-7-3-8-23-44)45-24-9-4-10-25-45/h2-3,5-9,11-39,51H,4,10H2,1H3. The van der Waals surface area contributed by atoms with E-state index >= 15 is 0 Å². The number of benzene rings is 7. The third-order valence-corrected chi connectivity index (χ3v) is 17.6. The van der Waals surface area contributed by atoms with Gasteiger partial charge in [-0.1, -0.05) is 171 Å². The van der Waals surface area contributed by atoms with Crippen molar-refractivity contribution in [1.82, 2.24) is 9.13 Å². The van der Waals surface area contributed by atoms with E-state index in [0.717, 1.165) is 12.8 Å². The minimum atomic E-state index is -2.66. The van der Waals surface area contributed by atoms with Crippen LogP contribution < -0.4 is 15.6 Å². The second-order valence-electron chi connectivity index (χ2n) is 16.0. The molecule has 7 aromatic carbocycles. The van der Waals surface area contributed by atoms with Crippen molar-refractivity contribution in [3.63, 3.8) is 0 Å². The monoisotopic (exact) mass is 760 g/mol. The first kappa shape index (κ1) is 34.6. The molecule has 0 bridgehead atoms. The first-order valence-electron chi connectivity index (χ1n) is 20.7. The van der Waals surface area contributed by atoms with E-state index in [9.17, 15) is 0 Å². The first-order valence-corrected chi connectivity index (χ1v) is 22.7. The molecule has 2 aromatic heterocycles. The predicted octanol–water partition coefficient (Wildman–Crippen LogP) is 12.1. The lowest BCUT2D eigenvalue weighted by molar-refractivity contribution is 0.510. The van der Waals surface area contributed by atoms with E-state index in [2.05, 4.69) is 228 Å². The number of allylic oxidation sites excluding steroid dienone is 8. The molecule has 0 saturated carbocycles. The van der Waals surface area contributed by atoms with E-state index in [0.29, 0.717) is 5.92 Å². The van der Waals surface area contributed by atoms with Gasteiger partial charge in [0.25, 0.3) is 0 Å². The number of hydrogen-bond acceptors (Lipinski definition) is 0. The highest BCUT2D eigenvalue weighted by molar-refractivity contribution is 7.16. The number of hydrogen-bond donors (Lipinski definition) is 0. The fourth-order valence-electron chi connectivity index (χ4n) is 10.1. The van der Waals surface area contributed by atoms with Crippen molar-refractivity contribution in [2.75, 3.05) is 0 Å². The van der Waals surface area contributed by atoms with Crippen LogP contribution in [0.4, 0.5) is 0 Å². The Kier molecular flexibility index (Phi) is 8.37. The minimum Gasteiger partial charge on any atom is -0.333 e. The molecule has 0 spiro atoms. The van der Waals surface area contributed by atoms with Gasteiger partial charge >= 0.3 is 0 Å². The summed E-state index contributed by atoms with van der Waals surface area (Å²) in [5.41, 5.74) is 8.66. The van der Waals surface area contributed by atoms with Gasteiger partial charge in [-0.3, -0.25) is 0 Å². The van der Waals surface area contributed by atoms with Crippen molar-refractivity contribution < 1.29 is 0 Å². The highest BCUT2D eigenvalue weighted by Gasteiger charge is 2.42. The van der Waals surface area contributed by atoms with Gasteiger partial charge in [-0.15, -0.1) is 0 Å². The smallest absolute Gasteiger partial charge is 0.179 e. The molecule has 2 nitrogen and oxygen atoms in total. The Balaban J connectivity index is 1.09. The van der Waals surface area contributed by atoms with Crippen LogP contribution >= 0.6 is 0 Å². The van der Waals surface area contributed by atoms with Gasteiger partial charge in [0.1, 0.15) is 0 Å². The van der Waals surface area contributed by atoms with Crippen LogP contribution in [0.3, 0.4) is 0 Å². The molecule has 0 N–H and O–H groups in total. The Morgan fingerprint density at radius 1 is 0.483 bits per heavy atom. The number of nitrogens with zero attached hydrogens (tertiary/aromatic N) is 2. The van der Waals surface area contributed by atoms with Crippen LogP contribution in [0.15, 0.2) is 218 Å². The van der Waals surface area contributed by atoms with E-state index in [-0.39, 0.29) is 6.04 Å². The van der Waals surface area contributed by atoms with E-state index in [1.807, 2.05) is 0 Å². The van der Waals surface area contributed by atoms with Crippen LogP contribution in [0.1, 0.15) is 25.8 Å². The molecule has 278 valence electrons. The average molecular weight is 761 g/mol. The third kappa shape index (κ3) is 5.38. The quantitative estimate of drug-likeness (QED) is 0.113. The number of fused-ring (bicyclic) bond motifs is 6. The van der Waals surface area contributed by atoms with Crippen LogP contribution in [-0.2, 0) is 0 Å². The number of rotatable bonds is 7. The average Bonchev–Trinajstić information content (AvgIpc) is 3.80. The van der Waals surface area contributed by atoms with Gasteiger partial charge in [-0.25, -0.2) is 0 Å². The molecule has 2 atom stereocenters. The van der Waals surface area contributed by atoms with E-state index in [4.69, 9.17) is 0 Å². The van der Waals surface area contributed by atoms with Crippen molar-refractivity contribution in [3.8, 4) is 16.8 Å². The molecule has 11 rings (SSSR count). The molecule has 58 heavy (non-hydrogen) atoms. The van der Waals surface area contributed by atoms with E-state index < -0.39 is 8.07 Å². The fourth-order valence-corrected chi connectivity index (χ4v) is 15.0. The lowest BCUT2D eigenvalue weighted by atomic mass is 9.96. The molecule has 0 radical (unpaired) electrons.